The van der Waals surface area contributed by atoms with Gasteiger partial charge in [-0.15, -0.1) is 0 Å². The summed E-state index contributed by atoms with van der Waals surface area (Å²) in [6.07, 6.45) is 2.06. The van der Waals surface area contributed by atoms with E-state index in [-0.39, 0.29) is 10.8 Å². The van der Waals surface area contributed by atoms with E-state index in [1.807, 2.05) is 24.3 Å². The van der Waals surface area contributed by atoms with Crippen molar-refractivity contribution in [2.75, 3.05) is 0 Å². The zero-order valence-electron chi connectivity index (χ0n) is 16.3. The van der Waals surface area contributed by atoms with Crippen LogP contribution in [-0.2, 0) is 20.7 Å². The molecule has 0 spiro atoms. The number of sulfone groups is 1. The number of rotatable bonds is 5. The molecule has 0 aromatic heterocycles. The lowest BCUT2D eigenvalue weighted by atomic mass is 9.78. The molecule has 0 N–H and O–H groups in total. The van der Waals surface area contributed by atoms with Crippen molar-refractivity contribution in [3.63, 3.8) is 0 Å². The molecule has 0 aliphatic heterocycles. The minimum Gasteiger partial charge on any atom is -0.219 e. The normalized spacial score (nSPS) is 13.0. The van der Waals surface area contributed by atoms with Gasteiger partial charge in [-0.05, 0) is 59.1 Å². The van der Waals surface area contributed by atoms with Crippen molar-refractivity contribution < 1.29 is 8.42 Å². The van der Waals surface area contributed by atoms with Gasteiger partial charge in [0.05, 0.1) is 9.79 Å². The van der Waals surface area contributed by atoms with Gasteiger partial charge in [0, 0.05) is 0 Å². The summed E-state index contributed by atoms with van der Waals surface area (Å²) in [7, 11) is -3.48. The zero-order valence-corrected chi connectivity index (χ0v) is 17.1. The lowest BCUT2D eigenvalue weighted by Crippen LogP contribution is -2.19. The summed E-state index contributed by atoms with van der Waals surface area (Å²) in [6.45, 7) is 12.9. The van der Waals surface area contributed by atoms with Crippen LogP contribution in [-0.4, -0.2) is 8.42 Å². The Morgan fingerprint density at radius 2 is 1.04 bits per heavy atom. The van der Waals surface area contributed by atoms with Crippen molar-refractivity contribution in [1.82, 2.24) is 0 Å². The molecule has 0 aliphatic carbocycles. The first-order valence-corrected chi connectivity index (χ1v) is 10.5. The molecule has 0 atom stereocenters. The van der Waals surface area contributed by atoms with Gasteiger partial charge < -0.3 is 0 Å². The largest absolute Gasteiger partial charge is 0.219 e. The molecule has 0 unspecified atom stereocenters. The molecule has 2 nitrogen and oxygen atoms in total. The molecule has 2 rings (SSSR count). The van der Waals surface area contributed by atoms with Crippen LogP contribution >= 0.6 is 0 Å². The minimum atomic E-state index is -3.48. The fourth-order valence-corrected chi connectivity index (χ4v) is 4.23. The maximum absolute atomic E-state index is 12.9. The van der Waals surface area contributed by atoms with Crippen LogP contribution < -0.4 is 0 Å². The van der Waals surface area contributed by atoms with Gasteiger partial charge in [0.25, 0.3) is 0 Å². The van der Waals surface area contributed by atoms with Crippen LogP contribution in [0.1, 0.15) is 65.5 Å². The Balaban J connectivity index is 2.37. The third-order valence-corrected chi connectivity index (χ3v) is 7.24. The second-order valence-electron chi connectivity index (χ2n) is 8.07. The average Bonchev–Trinajstić information content (AvgIpc) is 2.60. The highest BCUT2D eigenvalue weighted by molar-refractivity contribution is 7.91. The van der Waals surface area contributed by atoms with E-state index in [1.165, 1.54) is 5.56 Å². The van der Waals surface area contributed by atoms with Gasteiger partial charge in [0.15, 0.2) is 0 Å². The van der Waals surface area contributed by atoms with Crippen molar-refractivity contribution in [2.45, 2.75) is 75.0 Å². The molecule has 0 fully saturated rings. The summed E-state index contributed by atoms with van der Waals surface area (Å²) in [6, 6.07) is 14.7. The highest BCUT2D eigenvalue weighted by Crippen LogP contribution is 2.32. The molecule has 0 saturated carbocycles. The van der Waals surface area contributed by atoms with Gasteiger partial charge >= 0.3 is 0 Å². The first kappa shape index (κ1) is 19.7. The zero-order chi connectivity index (χ0) is 18.9. The third-order valence-electron chi connectivity index (χ3n) is 5.45. The Bertz CT molecular complexity index is 804. The van der Waals surface area contributed by atoms with Gasteiger partial charge in [-0.1, -0.05) is 65.8 Å². The monoisotopic (exact) mass is 358 g/mol. The number of hydrogen-bond acceptors (Lipinski definition) is 2. The molecule has 0 radical (unpaired) electrons. The maximum atomic E-state index is 12.9. The summed E-state index contributed by atoms with van der Waals surface area (Å²) in [5, 5.41) is 0. The van der Waals surface area contributed by atoms with Crippen molar-refractivity contribution in [3.05, 3.63) is 59.7 Å². The van der Waals surface area contributed by atoms with E-state index in [9.17, 15) is 8.42 Å². The SMILES string of the molecule is CCC(C)(CC)c1ccc(S(=O)(=O)c2ccc(C(C)(C)C)cc2)cc1. The topological polar surface area (TPSA) is 34.1 Å². The molecule has 0 bridgehead atoms. The second-order valence-corrected chi connectivity index (χ2v) is 10.0. The summed E-state index contributed by atoms with van der Waals surface area (Å²) in [5.74, 6) is 0. The molecular formula is C22H30O2S. The second kappa shape index (κ2) is 6.95. The van der Waals surface area contributed by atoms with Crippen molar-refractivity contribution in [3.8, 4) is 0 Å². The Labute approximate surface area is 153 Å². The first-order valence-electron chi connectivity index (χ1n) is 9.01. The summed E-state index contributed by atoms with van der Waals surface area (Å²) in [5.41, 5.74) is 2.42. The van der Waals surface area contributed by atoms with E-state index in [0.717, 1.165) is 18.4 Å². The molecule has 2 aromatic rings. The molecule has 2 aromatic carbocycles. The van der Waals surface area contributed by atoms with Crippen LogP contribution in [0, 0.1) is 0 Å². The van der Waals surface area contributed by atoms with Crippen LogP contribution in [0.5, 0.6) is 0 Å². The fraction of sp³-hybridized carbons (Fsp3) is 0.455. The Kier molecular flexibility index (Phi) is 5.48. The van der Waals surface area contributed by atoms with E-state index in [0.29, 0.717) is 9.79 Å². The molecule has 3 heteroatoms. The predicted octanol–water partition coefficient (Wildman–Crippen LogP) is 5.89. The highest BCUT2D eigenvalue weighted by atomic mass is 32.2. The molecule has 25 heavy (non-hydrogen) atoms. The Hall–Kier alpha value is -1.61. The van der Waals surface area contributed by atoms with Gasteiger partial charge in [0.1, 0.15) is 0 Å². The van der Waals surface area contributed by atoms with Crippen LogP contribution in [0.2, 0.25) is 0 Å². The van der Waals surface area contributed by atoms with Gasteiger partial charge in [-0.2, -0.15) is 0 Å². The van der Waals surface area contributed by atoms with Crippen LogP contribution in [0.25, 0.3) is 0 Å². The molecule has 0 aliphatic rings. The summed E-state index contributed by atoms with van der Waals surface area (Å²) < 4.78 is 25.8. The Morgan fingerprint density at radius 3 is 1.36 bits per heavy atom. The number of hydrogen-bond donors (Lipinski definition) is 0. The molecule has 0 heterocycles. The molecule has 136 valence electrons. The van der Waals surface area contributed by atoms with E-state index in [4.69, 9.17) is 0 Å². The fourth-order valence-electron chi connectivity index (χ4n) is 2.96. The molecule has 0 amide bonds. The van der Waals surface area contributed by atoms with Crippen LogP contribution in [0.15, 0.2) is 58.3 Å². The average molecular weight is 359 g/mol. The maximum Gasteiger partial charge on any atom is 0.206 e. The van der Waals surface area contributed by atoms with Crippen molar-refractivity contribution in [1.29, 1.82) is 0 Å². The quantitative estimate of drug-likeness (QED) is 0.667. The summed E-state index contributed by atoms with van der Waals surface area (Å²) in [4.78, 5) is 0.705. The van der Waals surface area contributed by atoms with Gasteiger partial charge in [-0.3, -0.25) is 0 Å². The first-order chi connectivity index (χ1) is 11.5. The van der Waals surface area contributed by atoms with Crippen LogP contribution in [0.4, 0.5) is 0 Å². The lowest BCUT2D eigenvalue weighted by molar-refractivity contribution is 0.438. The number of benzene rings is 2. The van der Waals surface area contributed by atoms with Crippen LogP contribution in [0.3, 0.4) is 0 Å². The molecular weight excluding hydrogens is 328 g/mol. The van der Waals surface area contributed by atoms with Crippen molar-refractivity contribution in [2.24, 2.45) is 0 Å². The van der Waals surface area contributed by atoms with Crippen molar-refractivity contribution >= 4 is 9.84 Å². The highest BCUT2D eigenvalue weighted by Gasteiger charge is 2.24. The third kappa shape index (κ3) is 3.98. The van der Waals surface area contributed by atoms with Gasteiger partial charge in [-0.25, -0.2) is 8.42 Å². The smallest absolute Gasteiger partial charge is 0.206 e. The van der Waals surface area contributed by atoms with E-state index < -0.39 is 9.84 Å². The Morgan fingerprint density at radius 1 is 0.680 bits per heavy atom. The van der Waals surface area contributed by atoms with Gasteiger partial charge in [0.2, 0.25) is 9.84 Å². The standard InChI is InChI=1S/C22H30O2S/c1-7-22(6,8-2)18-11-15-20(16-12-18)25(23,24)19-13-9-17(10-14-19)21(3,4)5/h9-16H,7-8H2,1-6H3. The van der Waals surface area contributed by atoms with E-state index >= 15 is 0 Å². The van der Waals surface area contributed by atoms with E-state index in [2.05, 4.69) is 41.5 Å². The molecule has 0 saturated heterocycles. The minimum absolute atomic E-state index is 0.00863. The van der Waals surface area contributed by atoms with E-state index in [1.54, 1.807) is 24.3 Å². The summed E-state index contributed by atoms with van der Waals surface area (Å²) >= 11 is 0. The lowest BCUT2D eigenvalue weighted by Gasteiger charge is -2.27. The predicted molar refractivity (Wildman–Crippen MR) is 105 cm³/mol.